The molecule has 0 bridgehead atoms. The first-order chi connectivity index (χ1) is 11.7. The molecule has 3 aromatic rings. The second-order valence-electron chi connectivity index (χ2n) is 6.35. The highest BCUT2D eigenvalue weighted by atomic mass is 16.3. The third kappa shape index (κ3) is 2.57. The van der Waals surface area contributed by atoms with Crippen molar-refractivity contribution in [2.24, 2.45) is 5.41 Å². The van der Waals surface area contributed by atoms with Gasteiger partial charge in [-0.25, -0.2) is 0 Å². The summed E-state index contributed by atoms with van der Waals surface area (Å²) in [7, 11) is 0. The lowest BCUT2D eigenvalue weighted by atomic mass is 9.92. The molecule has 2 heterocycles. The van der Waals surface area contributed by atoms with Crippen LogP contribution in [0.1, 0.15) is 35.0 Å². The lowest BCUT2D eigenvalue weighted by Gasteiger charge is -2.23. The number of hydrogen-bond acceptors (Lipinski definition) is 4. The third-order valence-electron chi connectivity index (χ3n) is 4.78. The van der Waals surface area contributed by atoms with E-state index in [1.165, 1.54) is 0 Å². The average molecular weight is 322 g/mol. The number of hydrogen-bond donors (Lipinski definition) is 2. The Kier molecular flexibility index (Phi) is 3.58. The summed E-state index contributed by atoms with van der Waals surface area (Å²) in [5.74, 6) is -0.242. The monoisotopic (exact) mass is 322 g/mol. The summed E-state index contributed by atoms with van der Waals surface area (Å²) in [5, 5.41) is 14.3. The molecule has 1 unspecified atom stereocenters. The Morgan fingerprint density at radius 3 is 2.79 bits per heavy atom. The van der Waals surface area contributed by atoms with Gasteiger partial charge in [0.2, 0.25) is 0 Å². The number of furan rings is 1. The number of rotatable bonds is 5. The number of carbonyl (C=O) groups is 1. The molecule has 122 valence electrons. The fraction of sp³-hybridized carbons (Fsp3) is 0.263. The first kappa shape index (κ1) is 14.9. The molecule has 4 rings (SSSR count). The van der Waals surface area contributed by atoms with Gasteiger partial charge in [0.15, 0.2) is 0 Å². The van der Waals surface area contributed by atoms with Crippen molar-refractivity contribution >= 4 is 16.9 Å². The van der Waals surface area contributed by atoms with Gasteiger partial charge in [0.25, 0.3) is 5.91 Å². The molecule has 1 saturated carbocycles. The predicted octanol–water partition coefficient (Wildman–Crippen LogP) is 3.07. The van der Waals surface area contributed by atoms with Crippen molar-refractivity contribution in [1.29, 1.82) is 0 Å². The Hall–Kier alpha value is -2.66. The van der Waals surface area contributed by atoms with E-state index in [0.717, 1.165) is 18.4 Å². The van der Waals surface area contributed by atoms with Crippen molar-refractivity contribution in [2.75, 3.05) is 6.54 Å². The highest BCUT2D eigenvalue weighted by Crippen LogP contribution is 2.54. The first-order valence-electron chi connectivity index (χ1n) is 8.03. The number of pyridine rings is 1. The third-order valence-corrected chi connectivity index (χ3v) is 4.78. The topological polar surface area (TPSA) is 75.4 Å². The van der Waals surface area contributed by atoms with Crippen LogP contribution >= 0.6 is 0 Å². The van der Waals surface area contributed by atoms with Crippen molar-refractivity contribution < 1.29 is 14.3 Å². The summed E-state index contributed by atoms with van der Waals surface area (Å²) >= 11 is 0. The summed E-state index contributed by atoms with van der Waals surface area (Å²) < 4.78 is 5.30. The SMILES string of the molecule is O=C(NCC1(C(O)c2ccccc2)CC1)c1nccc2occc12. The van der Waals surface area contributed by atoms with E-state index in [0.29, 0.717) is 23.2 Å². The van der Waals surface area contributed by atoms with Crippen LogP contribution in [0.15, 0.2) is 59.3 Å². The standard InChI is InChI=1S/C19H18N2O3/c22-17(13-4-2-1-3-5-13)19(8-9-19)12-21-18(23)16-14-7-11-24-15(14)6-10-20-16/h1-7,10-11,17,22H,8-9,12H2,(H,21,23). The molecule has 1 aliphatic rings. The molecule has 1 amide bonds. The van der Waals surface area contributed by atoms with Crippen molar-refractivity contribution in [3.63, 3.8) is 0 Å². The maximum Gasteiger partial charge on any atom is 0.270 e. The zero-order valence-corrected chi connectivity index (χ0v) is 13.1. The zero-order chi connectivity index (χ0) is 16.6. The highest BCUT2D eigenvalue weighted by Gasteiger charge is 2.49. The van der Waals surface area contributed by atoms with E-state index in [1.54, 1.807) is 24.6 Å². The number of aliphatic hydroxyl groups excluding tert-OH is 1. The summed E-state index contributed by atoms with van der Waals surface area (Å²) in [4.78, 5) is 16.7. The Morgan fingerprint density at radius 2 is 2.04 bits per heavy atom. The average Bonchev–Trinajstić information content (AvgIpc) is 3.27. The van der Waals surface area contributed by atoms with Gasteiger partial charge in [-0.05, 0) is 30.5 Å². The number of nitrogens with one attached hydrogen (secondary N) is 1. The fourth-order valence-electron chi connectivity index (χ4n) is 3.11. The Labute approximate surface area is 139 Å². The van der Waals surface area contributed by atoms with E-state index in [9.17, 15) is 9.90 Å². The molecule has 2 aromatic heterocycles. The minimum atomic E-state index is -0.573. The largest absolute Gasteiger partial charge is 0.464 e. The molecule has 1 atom stereocenters. The maximum absolute atomic E-state index is 12.5. The minimum absolute atomic E-state index is 0.242. The summed E-state index contributed by atoms with van der Waals surface area (Å²) in [6.45, 7) is 0.428. The lowest BCUT2D eigenvalue weighted by molar-refractivity contribution is 0.0806. The predicted molar refractivity (Wildman–Crippen MR) is 89.4 cm³/mol. The number of fused-ring (bicyclic) bond motifs is 1. The first-order valence-corrected chi connectivity index (χ1v) is 8.03. The number of aromatic nitrogens is 1. The Morgan fingerprint density at radius 1 is 1.25 bits per heavy atom. The Balaban J connectivity index is 1.48. The molecule has 24 heavy (non-hydrogen) atoms. The van der Waals surface area contributed by atoms with Crippen LogP contribution in [0.25, 0.3) is 11.0 Å². The van der Waals surface area contributed by atoms with E-state index in [-0.39, 0.29) is 11.3 Å². The minimum Gasteiger partial charge on any atom is -0.464 e. The van der Waals surface area contributed by atoms with Crippen LogP contribution in [-0.4, -0.2) is 22.5 Å². The normalized spacial score (nSPS) is 16.7. The molecule has 1 aromatic carbocycles. The van der Waals surface area contributed by atoms with Gasteiger partial charge in [-0.3, -0.25) is 9.78 Å². The van der Waals surface area contributed by atoms with Gasteiger partial charge in [-0.15, -0.1) is 0 Å². The van der Waals surface area contributed by atoms with E-state index < -0.39 is 6.10 Å². The van der Waals surface area contributed by atoms with Crippen LogP contribution in [0, 0.1) is 5.41 Å². The van der Waals surface area contributed by atoms with Crippen molar-refractivity contribution in [3.8, 4) is 0 Å². The second kappa shape index (κ2) is 5.76. The molecule has 0 aliphatic heterocycles. The van der Waals surface area contributed by atoms with Crippen molar-refractivity contribution in [3.05, 3.63) is 66.2 Å². The van der Waals surface area contributed by atoms with Gasteiger partial charge in [-0.2, -0.15) is 0 Å². The van der Waals surface area contributed by atoms with Crippen molar-refractivity contribution in [2.45, 2.75) is 18.9 Å². The maximum atomic E-state index is 12.5. The van der Waals surface area contributed by atoms with E-state index >= 15 is 0 Å². The van der Waals surface area contributed by atoms with Gasteiger partial charge >= 0.3 is 0 Å². The quantitative estimate of drug-likeness (QED) is 0.757. The highest BCUT2D eigenvalue weighted by molar-refractivity contribution is 6.03. The van der Waals surface area contributed by atoms with Crippen LogP contribution in [-0.2, 0) is 0 Å². The van der Waals surface area contributed by atoms with Gasteiger partial charge in [-0.1, -0.05) is 30.3 Å². The number of carbonyl (C=O) groups excluding carboxylic acids is 1. The van der Waals surface area contributed by atoms with Crippen LogP contribution in [0.4, 0.5) is 0 Å². The number of benzene rings is 1. The molecular weight excluding hydrogens is 304 g/mol. The van der Waals surface area contributed by atoms with Crippen LogP contribution < -0.4 is 5.32 Å². The van der Waals surface area contributed by atoms with Gasteiger partial charge in [0.05, 0.1) is 17.8 Å². The molecular formula is C19H18N2O3. The van der Waals surface area contributed by atoms with Crippen LogP contribution in [0.3, 0.4) is 0 Å². The molecule has 5 nitrogen and oxygen atoms in total. The van der Waals surface area contributed by atoms with Crippen LogP contribution in [0.5, 0.6) is 0 Å². The molecule has 0 spiro atoms. The molecule has 0 saturated heterocycles. The molecule has 0 radical (unpaired) electrons. The number of amides is 1. The van der Waals surface area contributed by atoms with Gasteiger partial charge < -0.3 is 14.8 Å². The van der Waals surface area contributed by atoms with Crippen molar-refractivity contribution in [1.82, 2.24) is 10.3 Å². The van der Waals surface area contributed by atoms with E-state index in [4.69, 9.17) is 4.42 Å². The molecule has 1 aliphatic carbocycles. The molecule has 5 heteroatoms. The molecule has 1 fully saturated rings. The summed E-state index contributed by atoms with van der Waals surface area (Å²) in [5.41, 5.74) is 1.60. The second-order valence-corrected chi connectivity index (χ2v) is 6.35. The van der Waals surface area contributed by atoms with Gasteiger partial charge in [0.1, 0.15) is 11.3 Å². The summed E-state index contributed by atoms with van der Waals surface area (Å²) in [6, 6.07) is 13.1. The fourth-order valence-corrected chi connectivity index (χ4v) is 3.11. The number of nitrogens with zero attached hydrogens (tertiary/aromatic N) is 1. The number of aliphatic hydroxyl groups is 1. The lowest BCUT2D eigenvalue weighted by Crippen LogP contribution is -2.33. The Bertz CT molecular complexity index is 868. The smallest absolute Gasteiger partial charge is 0.270 e. The molecule has 2 N–H and O–H groups in total. The summed E-state index contributed by atoms with van der Waals surface area (Å²) in [6.07, 6.45) is 4.33. The van der Waals surface area contributed by atoms with Crippen LogP contribution in [0.2, 0.25) is 0 Å². The van der Waals surface area contributed by atoms with Gasteiger partial charge in [0, 0.05) is 18.2 Å². The zero-order valence-electron chi connectivity index (χ0n) is 13.1. The van der Waals surface area contributed by atoms with E-state index in [2.05, 4.69) is 10.3 Å². The van der Waals surface area contributed by atoms with E-state index in [1.807, 2.05) is 30.3 Å².